The molecular weight excluding hydrogens is 376 g/mol. The lowest BCUT2D eigenvalue weighted by Crippen LogP contribution is -2.14. The molecule has 0 aliphatic heterocycles. The highest BCUT2D eigenvalue weighted by molar-refractivity contribution is 6.11. The van der Waals surface area contributed by atoms with Gasteiger partial charge in [-0.2, -0.15) is 0 Å². The molecule has 2 aliphatic rings. The van der Waals surface area contributed by atoms with Crippen LogP contribution in [0.1, 0.15) is 76.5 Å². The molecule has 0 N–H and O–H groups in total. The predicted molar refractivity (Wildman–Crippen MR) is 131 cm³/mol. The van der Waals surface area contributed by atoms with Crippen molar-refractivity contribution in [1.82, 2.24) is 9.38 Å². The molecule has 2 nitrogen and oxygen atoms in total. The number of benzene rings is 2. The maximum Gasteiger partial charge on any atom is 0.145 e. The lowest BCUT2D eigenvalue weighted by molar-refractivity contribution is 0.331. The molecule has 2 aliphatic carbocycles. The van der Waals surface area contributed by atoms with Gasteiger partial charge in [0.1, 0.15) is 5.65 Å². The highest BCUT2D eigenvalue weighted by Gasteiger charge is 2.30. The number of nitrogens with zero attached hydrogens (tertiary/aromatic N) is 2. The van der Waals surface area contributed by atoms with Crippen LogP contribution in [0, 0.1) is 10.8 Å². The third-order valence-electron chi connectivity index (χ3n) is 8.39. The molecule has 2 aromatic carbocycles. The standard InChI is InChI=1S/C29H34N2/c1-28(13-5-6-14-28)18-21-11-12-26-25(17-21)23-9-3-4-10-24(23)27-30-22(20-31(26)27)19-29(2)15-7-8-16-29/h3-4,9-12,17,20H,5-8,13-16,18-19H2,1-2H3. The Morgan fingerprint density at radius 3 is 2.13 bits per heavy atom. The van der Waals surface area contributed by atoms with Gasteiger partial charge in [-0.3, -0.25) is 4.40 Å². The monoisotopic (exact) mass is 410 g/mol. The molecule has 2 heteroatoms. The number of imidazole rings is 1. The second-order valence-corrected chi connectivity index (χ2v) is 11.2. The van der Waals surface area contributed by atoms with Crippen molar-refractivity contribution in [3.63, 3.8) is 0 Å². The van der Waals surface area contributed by atoms with Gasteiger partial charge in [0, 0.05) is 17.0 Å². The zero-order valence-corrected chi connectivity index (χ0v) is 19.1. The number of hydrogen-bond acceptors (Lipinski definition) is 1. The zero-order chi connectivity index (χ0) is 21.1. The van der Waals surface area contributed by atoms with Crippen LogP contribution in [-0.4, -0.2) is 9.38 Å². The Hall–Kier alpha value is -2.35. The molecule has 4 aromatic rings. The Morgan fingerprint density at radius 1 is 0.774 bits per heavy atom. The van der Waals surface area contributed by atoms with Crippen LogP contribution in [-0.2, 0) is 12.8 Å². The molecule has 0 unspecified atom stereocenters. The first-order valence-electron chi connectivity index (χ1n) is 12.3. The molecule has 31 heavy (non-hydrogen) atoms. The molecule has 0 spiro atoms. The molecular formula is C29H34N2. The summed E-state index contributed by atoms with van der Waals surface area (Å²) in [5.74, 6) is 0. The SMILES string of the molecule is CC1(Cc2ccc3c(c2)c2ccccc2c2nc(CC4(C)CCCC4)cn32)CCCC1. The summed E-state index contributed by atoms with van der Waals surface area (Å²) in [6, 6.07) is 16.1. The third-order valence-corrected chi connectivity index (χ3v) is 8.39. The predicted octanol–water partition coefficient (Wildman–Crippen LogP) is 7.89. The highest BCUT2D eigenvalue weighted by Crippen LogP contribution is 2.42. The first-order valence-corrected chi connectivity index (χ1v) is 12.3. The normalized spacial score (nSPS) is 20.3. The Morgan fingerprint density at radius 2 is 1.42 bits per heavy atom. The summed E-state index contributed by atoms with van der Waals surface area (Å²) in [5, 5.41) is 3.99. The summed E-state index contributed by atoms with van der Waals surface area (Å²) < 4.78 is 2.37. The van der Waals surface area contributed by atoms with E-state index in [1.165, 1.54) is 90.7 Å². The van der Waals surface area contributed by atoms with Crippen molar-refractivity contribution >= 4 is 27.3 Å². The second kappa shape index (κ2) is 7.08. The molecule has 2 aromatic heterocycles. The van der Waals surface area contributed by atoms with Gasteiger partial charge in [-0.25, -0.2) is 4.98 Å². The van der Waals surface area contributed by atoms with E-state index in [-0.39, 0.29) is 0 Å². The first-order chi connectivity index (χ1) is 15.0. The Labute approximate surface area is 185 Å². The van der Waals surface area contributed by atoms with Crippen LogP contribution >= 0.6 is 0 Å². The Kier molecular flexibility index (Phi) is 4.42. The molecule has 2 fully saturated rings. The molecule has 0 radical (unpaired) electrons. The van der Waals surface area contributed by atoms with Crippen molar-refractivity contribution in [3.05, 3.63) is 59.9 Å². The maximum absolute atomic E-state index is 5.18. The molecule has 0 atom stereocenters. The van der Waals surface area contributed by atoms with E-state index in [1.54, 1.807) is 0 Å². The highest BCUT2D eigenvalue weighted by atomic mass is 15.0. The van der Waals surface area contributed by atoms with Crippen LogP contribution < -0.4 is 0 Å². The van der Waals surface area contributed by atoms with E-state index in [0.29, 0.717) is 10.8 Å². The fourth-order valence-corrected chi connectivity index (χ4v) is 6.66. The topological polar surface area (TPSA) is 17.3 Å². The fourth-order valence-electron chi connectivity index (χ4n) is 6.66. The zero-order valence-electron chi connectivity index (χ0n) is 19.1. The van der Waals surface area contributed by atoms with E-state index in [4.69, 9.17) is 4.98 Å². The van der Waals surface area contributed by atoms with E-state index in [0.717, 1.165) is 12.1 Å². The van der Waals surface area contributed by atoms with Gasteiger partial charge < -0.3 is 0 Å². The lowest BCUT2D eigenvalue weighted by atomic mass is 9.82. The summed E-state index contributed by atoms with van der Waals surface area (Å²) in [4.78, 5) is 5.18. The van der Waals surface area contributed by atoms with E-state index in [2.05, 4.69) is 66.9 Å². The maximum atomic E-state index is 5.18. The van der Waals surface area contributed by atoms with E-state index in [1.807, 2.05) is 0 Å². The average molecular weight is 411 g/mol. The van der Waals surface area contributed by atoms with E-state index < -0.39 is 0 Å². The summed E-state index contributed by atoms with van der Waals surface area (Å²) in [6.45, 7) is 4.94. The number of hydrogen-bond donors (Lipinski definition) is 0. The van der Waals surface area contributed by atoms with E-state index >= 15 is 0 Å². The van der Waals surface area contributed by atoms with Crippen molar-refractivity contribution < 1.29 is 0 Å². The summed E-state index contributed by atoms with van der Waals surface area (Å²) in [7, 11) is 0. The van der Waals surface area contributed by atoms with Crippen LogP contribution in [0.3, 0.4) is 0 Å². The van der Waals surface area contributed by atoms with Crippen LogP contribution in [0.15, 0.2) is 48.7 Å². The van der Waals surface area contributed by atoms with Gasteiger partial charge in [0.05, 0.1) is 11.2 Å². The van der Waals surface area contributed by atoms with Gasteiger partial charge in [-0.1, -0.05) is 69.9 Å². The lowest BCUT2D eigenvalue weighted by Gasteiger charge is -2.23. The average Bonchev–Trinajstić information content (AvgIpc) is 3.49. The number of rotatable bonds is 4. The van der Waals surface area contributed by atoms with Gasteiger partial charge in [0.25, 0.3) is 0 Å². The minimum atomic E-state index is 0.424. The van der Waals surface area contributed by atoms with Crippen molar-refractivity contribution in [2.24, 2.45) is 10.8 Å². The summed E-state index contributed by atoms with van der Waals surface area (Å²) >= 11 is 0. The van der Waals surface area contributed by atoms with Gasteiger partial charge in [-0.15, -0.1) is 0 Å². The van der Waals surface area contributed by atoms with Crippen molar-refractivity contribution in [1.29, 1.82) is 0 Å². The van der Waals surface area contributed by atoms with Gasteiger partial charge in [0.15, 0.2) is 0 Å². The van der Waals surface area contributed by atoms with Crippen molar-refractivity contribution in [2.45, 2.75) is 78.1 Å². The second-order valence-electron chi connectivity index (χ2n) is 11.2. The van der Waals surface area contributed by atoms with Gasteiger partial charge >= 0.3 is 0 Å². The smallest absolute Gasteiger partial charge is 0.145 e. The Balaban J connectivity index is 1.50. The number of fused-ring (bicyclic) bond motifs is 6. The van der Waals surface area contributed by atoms with Crippen molar-refractivity contribution in [3.8, 4) is 0 Å². The molecule has 6 rings (SSSR count). The van der Waals surface area contributed by atoms with E-state index in [9.17, 15) is 0 Å². The third kappa shape index (κ3) is 3.35. The summed E-state index contributed by atoms with van der Waals surface area (Å²) in [6.07, 6.45) is 15.6. The van der Waals surface area contributed by atoms with Crippen LogP contribution in [0.4, 0.5) is 0 Å². The minimum absolute atomic E-state index is 0.424. The molecule has 160 valence electrons. The van der Waals surface area contributed by atoms with Crippen LogP contribution in [0.25, 0.3) is 27.3 Å². The quantitative estimate of drug-likeness (QED) is 0.313. The Bertz CT molecular complexity index is 1270. The molecule has 2 heterocycles. The molecule has 0 bridgehead atoms. The minimum Gasteiger partial charge on any atom is -0.299 e. The number of aromatic nitrogens is 2. The van der Waals surface area contributed by atoms with Crippen molar-refractivity contribution in [2.75, 3.05) is 0 Å². The molecule has 2 saturated carbocycles. The first kappa shape index (κ1) is 19.3. The van der Waals surface area contributed by atoms with Crippen LogP contribution in [0.2, 0.25) is 0 Å². The fraction of sp³-hybridized carbons (Fsp3) is 0.483. The molecule has 0 amide bonds. The summed E-state index contributed by atoms with van der Waals surface area (Å²) in [5.41, 5.74) is 6.06. The van der Waals surface area contributed by atoms with Crippen LogP contribution in [0.5, 0.6) is 0 Å². The van der Waals surface area contributed by atoms with Gasteiger partial charge in [0.2, 0.25) is 0 Å². The largest absolute Gasteiger partial charge is 0.299 e. The molecule has 0 saturated heterocycles. The number of pyridine rings is 1. The van der Waals surface area contributed by atoms with Gasteiger partial charge in [-0.05, 0) is 72.4 Å².